The second-order valence-corrected chi connectivity index (χ2v) is 14.6. The van der Waals surface area contributed by atoms with E-state index in [1.807, 2.05) is 20.8 Å². The molecule has 2 rings (SSSR count). The van der Waals surface area contributed by atoms with Gasteiger partial charge >= 0.3 is 5.97 Å². The standard InChI is InChI=1S/C37H62N10O8/c1-5-22(4)30(34(52)45-28(36(54)55)19-21(2)3)46-32(50)27(20-23-12-14-24(48)15-13-23)44-33(51)29-11-8-18-47(29)35(53)26(10-6-16-38)43-31(49)25(39)9-7-17-42-37(40)41/h12-15,21-22,25-30,48H,5-11,16-20,38-39H2,1-4H3,(H,43,49)(H,44,51)(H,45,52)(H,46,50)(H,54,55)(H4,40,41,42)/t22-,25-,26-,27-,28-,29-,30-/m0/s1. The number of aliphatic carboxylic acids is 1. The molecule has 1 aliphatic rings. The largest absolute Gasteiger partial charge is 0.508 e. The lowest BCUT2D eigenvalue weighted by Gasteiger charge is -2.31. The Morgan fingerprint density at radius 2 is 1.55 bits per heavy atom. The fourth-order valence-electron chi connectivity index (χ4n) is 6.27. The number of guanidine groups is 1. The Bertz CT molecular complexity index is 1470. The van der Waals surface area contributed by atoms with Crippen molar-refractivity contribution in [2.24, 2.45) is 39.8 Å². The number of carboxylic acid groups (broad SMARTS) is 1. The molecule has 1 aromatic rings. The molecule has 0 spiro atoms. The number of carboxylic acids is 1. The van der Waals surface area contributed by atoms with E-state index in [1.54, 1.807) is 19.1 Å². The zero-order valence-corrected chi connectivity index (χ0v) is 32.5. The van der Waals surface area contributed by atoms with Crippen LogP contribution in [-0.2, 0) is 35.2 Å². The number of phenolic OH excluding ortho intramolecular Hbond substituents is 1. The molecule has 308 valence electrons. The molecule has 18 nitrogen and oxygen atoms in total. The Labute approximate surface area is 323 Å². The fraction of sp³-hybridized carbons (Fsp3) is 0.649. The number of likely N-dealkylation sites (tertiary alicyclic amines) is 1. The first-order valence-electron chi connectivity index (χ1n) is 19.0. The van der Waals surface area contributed by atoms with Crippen LogP contribution in [0.3, 0.4) is 0 Å². The predicted molar refractivity (Wildman–Crippen MR) is 207 cm³/mol. The quantitative estimate of drug-likeness (QED) is 0.0370. The van der Waals surface area contributed by atoms with Gasteiger partial charge in [0.05, 0.1) is 6.04 Å². The highest BCUT2D eigenvalue weighted by Gasteiger charge is 2.40. The molecule has 55 heavy (non-hydrogen) atoms. The number of carbonyl (C=O) groups is 6. The van der Waals surface area contributed by atoms with Gasteiger partial charge in [-0.05, 0) is 81.0 Å². The molecular formula is C37H62N10O8. The third-order valence-corrected chi connectivity index (χ3v) is 9.58. The fourth-order valence-corrected chi connectivity index (χ4v) is 6.27. The summed E-state index contributed by atoms with van der Waals surface area (Å²) in [7, 11) is 0. The molecule has 1 heterocycles. The maximum atomic E-state index is 14.0. The Morgan fingerprint density at radius 3 is 2.13 bits per heavy atom. The van der Waals surface area contributed by atoms with Gasteiger partial charge in [-0.25, -0.2) is 4.79 Å². The number of phenols is 1. The summed E-state index contributed by atoms with van der Waals surface area (Å²) in [5.74, 6) is -4.73. The van der Waals surface area contributed by atoms with E-state index in [0.717, 1.165) is 0 Å². The summed E-state index contributed by atoms with van der Waals surface area (Å²) >= 11 is 0. The van der Waals surface area contributed by atoms with E-state index in [0.29, 0.717) is 31.2 Å². The van der Waals surface area contributed by atoms with Crippen molar-refractivity contribution in [3.8, 4) is 5.75 Å². The van der Waals surface area contributed by atoms with Crippen LogP contribution in [0.25, 0.3) is 0 Å². The summed E-state index contributed by atoms with van der Waals surface area (Å²) in [6.45, 7) is 8.00. The number of hydrogen-bond donors (Lipinski definition) is 10. The van der Waals surface area contributed by atoms with E-state index in [9.17, 15) is 39.0 Å². The molecule has 14 N–H and O–H groups in total. The highest BCUT2D eigenvalue weighted by molar-refractivity contribution is 5.96. The molecule has 5 amide bonds. The van der Waals surface area contributed by atoms with Crippen LogP contribution in [0.5, 0.6) is 5.75 Å². The molecule has 0 unspecified atom stereocenters. The highest BCUT2D eigenvalue weighted by Crippen LogP contribution is 2.21. The Hall–Kier alpha value is -4.97. The maximum absolute atomic E-state index is 14.0. The summed E-state index contributed by atoms with van der Waals surface area (Å²) < 4.78 is 0. The Kier molecular flexibility index (Phi) is 19.4. The van der Waals surface area contributed by atoms with Gasteiger partial charge in [-0.15, -0.1) is 0 Å². The van der Waals surface area contributed by atoms with Gasteiger partial charge in [-0.3, -0.25) is 29.0 Å². The van der Waals surface area contributed by atoms with Crippen molar-refractivity contribution in [2.45, 2.75) is 122 Å². The number of nitrogens with two attached hydrogens (primary N) is 4. The van der Waals surface area contributed by atoms with Crippen LogP contribution in [0.1, 0.15) is 84.6 Å². The van der Waals surface area contributed by atoms with Gasteiger partial charge in [0.1, 0.15) is 36.0 Å². The van der Waals surface area contributed by atoms with Crippen molar-refractivity contribution >= 4 is 41.5 Å². The normalized spacial score (nSPS) is 17.2. The predicted octanol–water partition coefficient (Wildman–Crippen LogP) is -0.838. The Balaban J connectivity index is 2.31. The first-order valence-corrected chi connectivity index (χ1v) is 19.0. The molecule has 0 aliphatic carbocycles. The average Bonchev–Trinajstić information content (AvgIpc) is 3.63. The molecule has 1 saturated heterocycles. The first kappa shape index (κ1) is 46.2. The van der Waals surface area contributed by atoms with Gasteiger partial charge in [0.25, 0.3) is 0 Å². The number of rotatable bonds is 23. The number of aromatic hydroxyl groups is 1. The number of benzene rings is 1. The summed E-state index contributed by atoms with van der Waals surface area (Å²) in [5, 5.41) is 30.4. The van der Waals surface area contributed by atoms with E-state index < -0.39 is 77.7 Å². The minimum Gasteiger partial charge on any atom is -0.508 e. The smallest absolute Gasteiger partial charge is 0.326 e. The third-order valence-electron chi connectivity index (χ3n) is 9.58. The Morgan fingerprint density at radius 1 is 0.891 bits per heavy atom. The van der Waals surface area contributed by atoms with Gasteiger partial charge in [-0.1, -0.05) is 46.2 Å². The summed E-state index contributed by atoms with van der Waals surface area (Å²) in [4.78, 5) is 85.6. The van der Waals surface area contributed by atoms with Crippen molar-refractivity contribution in [1.29, 1.82) is 0 Å². The molecule has 0 radical (unpaired) electrons. The molecule has 0 bridgehead atoms. The first-order chi connectivity index (χ1) is 26.0. The molecule has 0 aromatic heterocycles. The molecular weight excluding hydrogens is 712 g/mol. The van der Waals surface area contributed by atoms with Gasteiger partial charge in [0.2, 0.25) is 29.5 Å². The average molecular weight is 775 g/mol. The van der Waals surface area contributed by atoms with E-state index in [1.165, 1.54) is 17.0 Å². The van der Waals surface area contributed by atoms with E-state index in [4.69, 9.17) is 22.9 Å². The number of nitrogens with one attached hydrogen (secondary N) is 4. The molecule has 7 atom stereocenters. The van der Waals surface area contributed by atoms with Gasteiger partial charge in [0, 0.05) is 19.5 Å². The molecule has 18 heteroatoms. The van der Waals surface area contributed by atoms with Crippen molar-refractivity contribution in [1.82, 2.24) is 26.2 Å². The number of hydrogen-bond acceptors (Lipinski definition) is 10. The number of nitrogens with zero attached hydrogens (tertiary/aromatic N) is 2. The molecule has 1 aromatic carbocycles. The third kappa shape index (κ3) is 15.4. The lowest BCUT2D eigenvalue weighted by atomic mass is 9.96. The van der Waals surface area contributed by atoms with Gasteiger partial charge < -0.3 is 59.3 Å². The van der Waals surface area contributed by atoms with Crippen LogP contribution < -0.4 is 44.2 Å². The molecule has 0 saturated carbocycles. The van der Waals surface area contributed by atoms with Gasteiger partial charge in [0.15, 0.2) is 5.96 Å². The monoisotopic (exact) mass is 774 g/mol. The lowest BCUT2D eigenvalue weighted by molar-refractivity contribution is -0.143. The number of aliphatic imine (C=N–C) groups is 1. The van der Waals surface area contributed by atoms with Crippen LogP contribution in [0.2, 0.25) is 0 Å². The number of amides is 5. The van der Waals surface area contributed by atoms with Crippen LogP contribution in [-0.4, -0.2) is 112 Å². The van der Waals surface area contributed by atoms with Crippen molar-refractivity contribution in [2.75, 3.05) is 19.6 Å². The van der Waals surface area contributed by atoms with Crippen LogP contribution >= 0.6 is 0 Å². The van der Waals surface area contributed by atoms with E-state index >= 15 is 0 Å². The van der Waals surface area contributed by atoms with Gasteiger partial charge in [-0.2, -0.15) is 0 Å². The molecule has 1 fully saturated rings. The molecule has 1 aliphatic heterocycles. The summed E-state index contributed by atoms with van der Waals surface area (Å²) in [6.07, 6.45) is 2.71. The topological polar surface area (TPSA) is 311 Å². The lowest BCUT2D eigenvalue weighted by Crippen LogP contribution is -2.60. The van der Waals surface area contributed by atoms with Crippen molar-refractivity contribution < 1.29 is 39.0 Å². The second-order valence-electron chi connectivity index (χ2n) is 14.6. The van der Waals surface area contributed by atoms with Crippen molar-refractivity contribution in [3.63, 3.8) is 0 Å². The minimum absolute atomic E-state index is 0.0000322. The zero-order chi connectivity index (χ0) is 41.2. The van der Waals surface area contributed by atoms with E-state index in [2.05, 4.69) is 26.3 Å². The maximum Gasteiger partial charge on any atom is 0.326 e. The summed E-state index contributed by atoms with van der Waals surface area (Å²) in [5.41, 5.74) is 23.1. The highest BCUT2D eigenvalue weighted by atomic mass is 16.4. The van der Waals surface area contributed by atoms with Crippen LogP contribution in [0.4, 0.5) is 0 Å². The second kappa shape index (κ2) is 23.1. The van der Waals surface area contributed by atoms with Crippen LogP contribution in [0.15, 0.2) is 29.3 Å². The SMILES string of the molecule is CC[C@H](C)[C@H](NC(=O)[C@H](Cc1ccc(O)cc1)NC(=O)[C@@H]1CCCN1C(=O)[C@H](CCCN)NC(=O)[C@@H](N)CCCN=C(N)N)C(=O)N[C@@H](CC(C)C)C(=O)O. The van der Waals surface area contributed by atoms with Crippen molar-refractivity contribution in [3.05, 3.63) is 29.8 Å². The summed E-state index contributed by atoms with van der Waals surface area (Å²) in [6, 6.07) is -0.401. The van der Waals surface area contributed by atoms with E-state index in [-0.39, 0.29) is 69.4 Å². The van der Waals surface area contributed by atoms with Crippen LogP contribution in [0, 0.1) is 11.8 Å². The minimum atomic E-state index is -1.23. The zero-order valence-electron chi connectivity index (χ0n) is 32.5. The number of carbonyl (C=O) groups excluding carboxylic acids is 5.